The van der Waals surface area contributed by atoms with Crippen molar-refractivity contribution in [1.29, 1.82) is 0 Å². The predicted molar refractivity (Wildman–Crippen MR) is 140 cm³/mol. The standard InChI is InChI=1S/C27H34N4O5S/c1-4-31-23(19-29-14-16-30(17-15-29)37(34,35)22-12-7-6-8-13-22)24(26(32)36-5-2)25(28-27(31)33)21-11-9-10-20(3)18-21/h6-13,18,25H,4-5,14-17,19H2,1-3H3,(H,28,33). The molecule has 1 N–H and O–H groups in total. The van der Waals surface area contributed by atoms with E-state index in [0.717, 1.165) is 11.1 Å². The molecule has 2 aromatic carbocycles. The van der Waals surface area contributed by atoms with Crippen molar-refractivity contribution >= 4 is 22.0 Å². The van der Waals surface area contributed by atoms with Gasteiger partial charge >= 0.3 is 12.0 Å². The van der Waals surface area contributed by atoms with Crippen LogP contribution in [0.25, 0.3) is 0 Å². The molecule has 2 aromatic rings. The van der Waals surface area contributed by atoms with E-state index < -0.39 is 22.0 Å². The van der Waals surface area contributed by atoms with Crippen LogP contribution < -0.4 is 5.32 Å². The third-order valence-electron chi connectivity index (χ3n) is 6.71. The topological polar surface area (TPSA) is 99.3 Å². The van der Waals surface area contributed by atoms with Crippen LogP contribution in [0.15, 0.2) is 70.8 Å². The minimum atomic E-state index is -3.58. The molecule has 2 aliphatic rings. The zero-order chi connectivity index (χ0) is 26.6. The van der Waals surface area contributed by atoms with Crippen molar-refractivity contribution in [1.82, 2.24) is 19.4 Å². The third-order valence-corrected chi connectivity index (χ3v) is 8.62. The third kappa shape index (κ3) is 5.71. The number of benzene rings is 2. The quantitative estimate of drug-likeness (QED) is 0.531. The highest BCUT2D eigenvalue weighted by Gasteiger charge is 2.39. The molecule has 0 aliphatic carbocycles. The van der Waals surface area contributed by atoms with Gasteiger partial charge in [-0.25, -0.2) is 18.0 Å². The van der Waals surface area contributed by atoms with Crippen molar-refractivity contribution in [2.75, 3.05) is 45.9 Å². The number of hydrogen-bond donors (Lipinski definition) is 1. The first-order valence-corrected chi connectivity index (χ1v) is 14.0. The van der Waals surface area contributed by atoms with Gasteiger partial charge in [0.1, 0.15) is 0 Å². The zero-order valence-corrected chi connectivity index (χ0v) is 22.3. The Labute approximate surface area is 218 Å². The molecule has 1 fully saturated rings. The Hall–Kier alpha value is -3.21. The summed E-state index contributed by atoms with van der Waals surface area (Å²) in [6.45, 7) is 8.09. The van der Waals surface area contributed by atoms with E-state index in [-0.39, 0.29) is 17.5 Å². The zero-order valence-electron chi connectivity index (χ0n) is 21.5. The van der Waals surface area contributed by atoms with Gasteiger partial charge < -0.3 is 10.1 Å². The molecule has 198 valence electrons. The molecule has 9 nitrogen and oxygen atoms in total. The first-order valence-electron chi connectivity index (χ1n) is 12.6. The highest BCUT2D eigenvalue weighted by Crippen LogP contribution is 2.32. The van der Waals surface area contributed by atoms with Gasteiger partial charge in [-0.3, -0.25) is 9.80 Å². The second-order valence-corrected chi connectivity index (χ2v) is 11.1. The molecule has 0 spiro atoms. The number of aryl methyl sites for hydroxylation is 1. The van der Waals surface area contributed by atoms with Gasteiger partial charge in [-0.05, 0) is 38.5 Å². The summed E-state index contributed by atoms with van der Waals surface area (Å²) >= 11 is 0. The normalized spacial score (nSPS) is 19.6. The molecule has 0 radical (unpaired) electrons. The largest absolute Gasteiger partial charge is 0.463 e. The van der Waals surface area contributed by atoms with Crippen LogP contribution in [-0.4, -0.2) is 80.4 Å². The maximum atomic E-state index is 13.3. The fraction of sp³-hybridized carbons (Fsp3) is 0.407. The number of nitrogens with zero attached hydrogens (tertiary/aromatic N) is 3. The van der Waals surface area contributed by atoms with Gasteiger partial charge in [-0.2, -0.15) is 4.31 Å². The van der Waals surface area contributed by atoms with Gasteiger partial charge in [0.15, 0.2) is 0 Å². The molecule has 37 heavy (non-hydrogen) atoms. The van der Waals surface area contributed by atoms with E-state index in [9.17, 15) is 18.0 Å². The van der Waals surface area contributed by atoms with E-state index in [1.807, 2.05) is 38.1 Å². The van der Waals surface area contributed by atoms with Crippen molar-refractivity contribution in [3.8, 4) is 0 Å². The second-order valence-electron chi connectivity index (χ2n) is 9.12. The number of esters is 1. The summed E-state index contributed by atoms with van der Waals surface area (Å²) in [6.07, 6.45) is 0. The first-order chi connectivity index (χ1) is 17.8. The molecule has 1 unspecified atom stereocenters. The lowest BCUT2D eigenvalue weighted by atomic mass is 9.93. The van der Waals surface area contributed by atoms with Gasteiger partial charge in [0.2, 0.25) is 10.0 Å². The lowest BCUT2D eigenvalue weighted by Crippen LogP contribution is -2.53. The molecule has 4 rings (SSSR count). The van der Waals surface area contributed by atoms with Crippen LogP contribution in [0.2, 0.25) is 0 Å². The van der Waals surface area contributed by atoms with E-state index in [0.29, 0.717) is 50.5 Å². The fourth-order valence-corrected chi connectivity index (χ4v) is 6.28. The average molecular weight is 527 g/mol. The van der Waals surface area contributed by atoms with Crippen LogP contribution in [0.4, 0.5) is 4.79 Å². The lowest BCUT2D eigenvalue weighted by Gasteiger charge is -2.40. The number of piperazine rings is 1. The van der Waals surface area contributed by atoms with E-state index in [4.69, 9.17) is 4.74 Å². The number of urea groups is 1. The van der Waals surface area contributed by atoms with Gasteiger partial charge in [-0.15, -0.1) is 0 Å². The highest BCUT2D eigenvalue weighted by atomic mass is 32.2. The van der Waals surface area contributed by atoms with Crippen LogP contribution in [0, 0.1) is 6.92 Å². The molecule has 10 heteroatoms. The summed E-state index contributed by atoms with van der Waals surface area (Å²) in [6, 6.07) is 15.2. The molecule has 1 saturated heterocycles. The Balaban J connectivity index is 1.62. The molecular weight excluding hydrogens is 492 g/mol. The van der Waals surface area contributed by atoms with Crippen LogP contribution in [0.1, 0.15) is 31.0 Å². The van der Waals surface area contributed by atoms with Crippen molar-refractivity contribution in [3.05, 3.63) is 77.0 Å². The summed E-state index contributed by atoms with van der Waals surface area (Å²) in [5.41, 5.74) is 2.83. The Morgan fingerprint density at radius 3 is 2.35 bits per heavy atom. The second kappa shape index (κ2) is 11.5. The van der Waals surface area contributed by atoms with Crippen LogP contribution >= 0.6 is 0 Å². The van der Waals surface area contributed by atoms with Gasteiger partial charge in [-0.1, -0.05) is 48.0 Å². The number of rotatable bonds is 8. The Bertz CT molecular complexity index is 1270. The summed E-state index contributed by atoms with van der Waals surface area (Å²) in [4.78, 5) is 30.3. The number of likely N-dealkylation sites (N-methyl/N-ethyl adjacent to an activating group) is 1. The SMILES string of the molecule is CCOC(=O)C1=C(CN2CCN(S(=O)(=O)c3ccccc3)CC2)N(CC)C(=O)NC1c1cccc(C)c1. The van der Waals surface area contributed by atoms with E-state index in [1.54, 1.807) is 42.2 Å². The number of ether oxygens (including phenoxy) is 1. The van der Waals surface area contributed by atoms with E-state index in [2.05, 4.69) is 10.2 Å². The molecule has 2 heterocycles. The molecule has 2 aliphatic heterocycles. The van der Waals surface area contributed by atoms with E-state index in [1.165, 1.54) is 4.31 Å². The van der Waals surface area contributed by atoms with Crippen LogP contribution in [-0.2, 0) is 19.6 Å². The number of carbonyl (C=O) groups is 2. The first kappa shape index (κ1) is 26.8. The Morgan fingerprint density at radius 2 is 1.73 bits per heavy atom. The molecular formula is C27H34N4O5S. The average Bonchev–Trinajstić information content (AvgIpc) is 2.89. The maximum absolute atomic E-state index is 13.3. The highest BCUT2D eigenvalue weighted by molar-refractivity contribution is 7.89. The van der Waals surface area contributed by atoms with Gasteiger partial charge in [0.05, 0.1) is 23.1 Å². The minimum absolute atomic E-state index is 0.215. The number of amides is 2. The molecule has 0 bridgehead atoms. The summed E-state index contributed by atoms with van der Waals surface area (Å²) in [7, 11) is -3.58. The fourth-order valence-electron chi connectivity index (χ4n) is 4.84. The van der Waals surface area contributed by atoms with Crippen LogP contribution in [0.5, 0.6) is 0 Å². The van der Waals surface area contributed by atoms with Gasteiger partial charge in [0.25, 0.3) is 0 Å². The molecule has 2 amide bonds. The summed E-state index contributed by atoms with van der Waals surface area (Å²) in [5, 5.41) is 2.98. The Morgan fingerprint density at radius 1 is 1.03 bits per heavy atom. The van der Waals surface area contributed by atoms with Crippen LogP contribution in [0.3, 0.4) is 0 Å². The van der Waals surface area contributed by atoms with Crippen molar-refractivity contribution in [2.45, 2.75) is 31.7 Å². The lowest BCUT2D eigenvalue weighted by molar-refractivity contribution is -0.139. The van der Waals surface area contributed by atoms with E-state index >= 15 is 0 Å². The van der Waals surface area contributed by atoms with Crippen molar-refractivity contribution < 1.29 is 22.7 Å². The molecule has 0 saturated carbocycles. The van der Waals surface area contributed by atoms with Gasteiger partial charge in [0, 0.05) is 45.0 Å². The minimum Gasteiger partial charge on any atom is -0.463 e. The molecule has 1 atom stereocenters. The molecule has 0 aromatic heterocycles. The predicted octanol–water partition coefficient (Wildman–Crippen LogP) is 2.90. The number of nitrogens with one attached hydrogen (secondary N) is 1. The number of hydrogen-bond acceptors (Lipinski definition) is 6. The maximum Gasteiger partial charge on any atom is 0.338 e. The summed E-state index contributed by atoms with van der Waals surface area (Å²) < 4.78 is 33.0. The summed E-state index contributed by atoms with van der Waals surface area (Å²) in [5.74, 6) is -0.465. The smallest absolute Gasteiger partial charge is 0.338 e. The van der Waals surface area contributed by atoms with Crippen molar-refractivity contribution in [2.24, 2.45) is 0 Å². The van der Waals surface area contributed by atoms with Crippen molar-refractivity contribution in [3.63, 3.8) is 0 Å². The monoisotopic (exact) mass is 526 g/mol. The number of carbonyl (C=O) groups excluding carboxylic acids is 2. The Kier molecular flexibility index (Phi) is 8.31. The number of sulfonamides is 1.